The Morgan fingerprint density at radius 2 is 1.73 bits per heavy atom. The molecule has 1 amide bonds. The second-order valence-corrected chi connectivity index (χ2v) is 8.98. The number of amides is 1. The Morgan fingerprint density at radius 1 is 0.967 bits per heavy atom. The van der Waals surface area contributed by atoms with E-state index in [1.165, 1.54) is 38.4 Å². The second-order valence-electron chi connectivity index (χ2n) is 7.87. The highest BCUT2D eigenvalue weighted by Gasteiger charge is 2.23. The third-order valence-electron chi connectivity index (χ3n) is 5.85. The van der Waals surface area contributed by atoms with Gasteiger partial charge in [-0.2, -0.15) is 0 Å². The molecule has 3 heterocycles. The fourth-order valence-corrected chi connectivity index (χ4v) is 4.95. The van der Waals surface area contributed by atoms with E-state index in [1.54, 1.807) is 30.1 Å². The van der Waals surface area contributed by atoms with Crippen molar-refractivity contribution in [1.82, 2.24) is 14.8 Å². The van der Waals surface area contributed by atoms with Gasteiger partial charge in [-0.15, -0.1) is 11.8 Å². The van der Waals surface area contributed by atoms with Crippen LogP contribution in [0.3, 0.4) is 0 Å². The number of aromatic nitrogens is 1. The van der Waals surface area contributed by atoms with Crippen LogP contribution in [0.4, 0.5) is 10.1 Å². The van der Waals surface area contributed by atoms with Gasteiger partial charge >= 0.3 is 0 Å². The summed E-state index contributed by atoms with van der Waals surface area (Å²) in [7, 11) is 0. The number of hydrogen-bond acceptors (Lipinski definition) is 5. The highest BCUT2D eigenvalue weighted by Crippen LogP contribution is 2.21. The quantitative estimate of drug-likeness (QED) is 0.655. The van der Waals surface area contributed by atoms with Crippen molar-refractivity contribution in [2.45, 2.75) is 24.3 Å². The highest BCUT2D eigenvalue weighted by molar-refractivity contribution is 7.99. The zero-order valence-corrected chi connectivity index (χ0v) is 18.1. The molecule has 0 unspecified atom stereocenters. The van der Waals surface area contributed by atoms with Crippen LogP contribution in [0.2, 0.25) is 0 Å². The average molecular weight is 429 g/mol. The van der Waals surface area contributed by atoms with E-state index in [2.05, 4.69) is 9.88 Å². The lowest BCUT2D eigenvalue weighted by Crippen LogP contribution is -2.49. The summed E-state index contributed by atoms with van der Waals surface area (Å²) in [6, 6.07) is 10.6. The topological polar surface area (TPSA) is 39.7 Å². The Kier molecular flexibility index (Phi) is 7.23. The van der Waals surface area contributed by atoms with Crippen molar-refractivity contribution >= 4 is 23.4 Å². The maximum atomic E-state index is 14.0. The number of thioether (sulfide) groups is 1. The molecule has 1 aromatic heterocycles. The van der Waals surface area contributed by atoms with Crippen LogP contribution in [0.25, 0.3) is 0 Å². The Morgan fingerprint density at radius 3 is 2.43 bits per heavy atom. The fraction of sp³-hybridized carbons (Fsp3) is 0.478. The summed E-state index contributed by atoms with van der Waals surface area (Å²) in [5.41, 5.74) is 1.23. The van der Waals surface area contributed by atoms with Crippen molar-refractivity contribution in [3.05, 3.63) is 54.0 Å². The highest BCUT2D eigenvalue weighted by atomic mass is 32.2. The standard InChI is InChI=1S/C23H29FN4OS/c24-20-6-2-3-7-21(20)27-12-14-28(15-13-27)23(29)19-8-9-22(25-18-19)30-17-16-26-10-4-1-5-11-26/h2-3,6-9,18H,1,4-5,10-17H2. The molecular weight excluding hydrogens is 399 g/mol. The molecular formula is C23H29FN4OS. The SMILES string of the molecule is O=C(c1ccc(SCCN2CCCCC2)nc1)N1CCN(c2ccccc2F)CC1. The molecule has 4 rings (SSSR count). The van der Waals surface area contributed by atoms with Gasteiger partial charge < -0.3 is 14.7 Å². The summed E-state index contributed by atoms with van der Waals surface area (Å²) in [4.78, 5) is 23.7. The van der Waals surface area contributed by atoms with Crippen molar-refractivity contribution in [2.24, 2.45) is 0 Å². The zero-order valence-electron chi connectivity index (χ0n) is 17.3. The number of likely N-dealkylation sites (tertiary alicyclic amines) is 1. The number of benzene rings is 1. The molecule has 30 heavy (non-hydrogen) atoms. The number of piperazine rings is 1. The largest absolute Gasteiger partial charge is 0.366 e. The van der Waals surface area contributed by atoms with E-state index < -0.39 is 0 Å². The smallest absolute Gasteiger partial charge is 0.255 e. The Bertz CT molecular complexity index is 833. The molecule has 160 valence electrons. The minimum Gasteiger partial charge on any atom is -0.366 e. The second kappa shape index (κ2) is 10.3. The van der Waals surface area contributed by atoms with E-state index >= 15 is 0 Å². The van der Waals surface area contributed by atoms with Crippen molar-refractivity contribution in [3.63, 3.8) is 0 Å². The molecule has 0 radical (unpaired) electrons. The van der Waals surface area contributed by atoms with E-state index in [-0.39, 0.29) is 11.7 Å². The average Bonchev–Trinajstić information content (AvgIpc) is 2.80. The molecule has 2 saturated heterocycles. The van der Waals surface area contributed by atoms with Gasteiger partial charge in [0.2, 0.25) is 0 Å². The number of para-hydroxylation sites is 1. The summed E-state index contributed by atoms with van der Waals surface area (Å²) in [6.45, 7) is 5.95. The van der Waals surface area contributed by atoms with E-state index in [0.717, 1.165) is 17.3 Å². The number of piperidine rings is 1. The Hall–Kier alpha value is -2.12. The van der Waals surface area contributed by atoms with Gasteiger partial charge in [-0.3, -0.25) is 4.79 Å². The molecule has 5 nitrogen and oxygen atoms in total. The molecule has 0 aliphatic carbocycles. The Labute approximate surface area is 182 Å². The number of hydrogen-bond donors (Lipinski definition) is 0. The predicted octanol–water partition coefficient (Wildman–Crippen LogP) is 3.76. The lowest BCUT2D eigenvalue weighted by Gasteiger charge is -2.36. The van der Waals surface area contributed by atoms with Gasteiger partial charge in [-0.05, 0) is 50.2 Å². The zero-order chi connectivity index (χ0) is 20.8. The van der Waals surface area contributed by atoms with Gasteiger partial charge in [-0.1, -0.05) is 18.6 Å². The van der Waals surface area contributed by atoms with E-state index in [9.17, 15) is 9.18 Å². The molecule has 1 aromatic carbocycles. The molecule has 0 bridgehead atoms. The number of pyridine rings is 1. The summed E-state index contributed by atoms with van der Waals surface area (Å²) in [5.74, 6) is 0.813. The van der Waals surface area contributed by atoms with E-state index in [1.807, 2.05) is 28.0 Å². The van der Waals surface area contributed by atoms with Gasteiger partial charge in [0.1, 0.15) is 5.82 Å². The number of rotatable bonds is 6. The van der Waals surface area contributed by atoms with Crippen LogP contribution in [-0.2, 0) is 0 Å². The third-order valence-corrected chi connectivity index (χ3v) is 6.77. The van der Waals surface area contributed by atoms with Crippen molar-refractivity contribution in [3.8, 4) is 0 Å². The van der Waals surface area contributed by atoms with Crippen molar-refractivity contribution in [1.29, 1.82) is 0 Å². The van der Waals surface area contributed by atoms with Gasteiger partial charge in [0.05, 0.1) is 16.3 Å². The number of carbonyl (C=O) groups is 1. The Balaban J connectivity index is 1.25. The molecule has 0 saturated carbocycles. The van der Waals surface area contributed by atoms with Crippen LogP contribution in [0.1, 0.15) is 29.6 Å². The molecule has 2 aliphatic rings. The first-order valence-electron chi connectivity index (χ1n) is 10.8. The first-order valence-corrected chi connectivity index (χ1v) is 11.8. The molecule has 2 fully saturated rings. The van der Waals surface area contributed by atoms with Crippen LogP contribution in [-0.4, -0.2) is 72.3 Å². The monoisotopic (exact) mass is 428 g/mol. The lowest BCUT2D eigenvalue weighted by atomic mass is 10.1. The van der Waals surface area contributed by atoms with Crippen LogP contribution >= 0.6 is 11.8 Å². The van der Waals surface area contributed by atoms with Crippen LogP contribution in [0.5, 0.6) is 0 Å². The maximum absolute atomic E-state index is 14.0. The van der Waals surface area contributed by atoms with Gasteiger partial charge in [0, 0.05) is 44.7 Å². The molecule has 0 N–H and O–H groups in total. The summed E-state index contributed by atoms with van der Waals surface area (Å²) in [6.07, 6.45) is 5.68. The lowest BCUT2D eigenvalue weighted by molar-refractivity contribution is 0.0746. The fourth-order valence-electron chi connectivity index (χ4n) is 4.10. The molecule has 0 spiro atoms. The number of carbonyl (C=O) groups excluding carboxylic acids is 1. The minimum atomic E-state index is -0.213. The van der Waals surface area contributed by atoms with Gasteiger partial charge in [-0.25, -0.2) is 9.37 Å². The van der Waals surface area contributed by atoms with Gasteiger partial charge in [0.15, 0.2) is 0 Å². The van der Waals surface area contributed by atoms with Crippen LogP contribution in [0, 0.1) is 5.82 Å². The number of halogens is 1. The van der Waals surface area contributed by atoms with E-state index in [0.29, 0.717) is 37.4 Å². The molecule has 7 heteroatoms. The summed E-state index contributed by atoms with van der Waals surface area (Å²) >= 11 is 1.75. The third kappa shape index (κ3) is 5.32. The van der Waals surface area contributed by atoms with Crippen LogP contribution in [0.15, 0.2) is 47.6 Å². The first kappa shape index (κ1) is 21.1. The van der Waals surface area contributed by atoms with E-state index in [4.69, 9.17) is 0 Å². The minimum absolute atomic E-state index is 0.000510. The predicted molar refractivity (Wildman–Crippen MR) is 120 cm³/mol. The summed E-state index contributed by atoms with van der Waals surface area (Å²) in [5, 5.41) is 0.966. The maximum Gasteiger partial charge on any atom is 0.255 e. The molecule has 2 aromatic rings. The molecule has 0 atom stereocenters. The summed E-state index contributed by atoms with van der Waals surface area (Å²) < 4.78 is 14.0. The van der Waals surface area contributed by atoms with Crippen molar-refractivity contribution in [2.75, 3.05) is 56.5 Å². The van der Waals surface area contributed by atoms with Crippen molar-refractivity contribution < 1.29 is 9.18 Å². The van der Waals surface area contributed by atoms with Crippen LogP contribution < -0.4 is 4.90 Å². The number of anilines is 1. The first-order chi connectivity index (χ1) is 14.7. The van der Waals surface area contributed by atoms with Gasteiger partial charge in [0.25, 0.3) is 5.91 Å². The molecule has 2 aliphatic heterocycles. The number of nitrogens with zero attached hydrogens (tertiary/aromatic N) is 4. The normalized spacial score (nSPS) is 17.9.